The van der Waals surface area contributed by atoms with Gasteiger partial charge in [0.1, 0.15) is 5.82 Å². The Morgan fingerprint density at radius 2 is 2.08 bits per heavy atom. The molecule has 2 rings (SSSR count). The lowest BCUT2D eigenvalue weighted by Gasteiger charge is -2.12. The number of hydrogen-bond donors (Lipinski definition) is 2. The van der Waals surface area contributed by atoms with Gasteiger partial charge in [0, 0.05) is 30.6 Å². The van der Waals surface area contributed by atoms with Gasteiger partial charge in [-0.15, -0.1) is 11.6 Å². The molecule has 2 N–H and O–H groups in total. The van der Waals surface area contributed by atoms with E-state index in [1.54, 1.807) is 18.0 Å². The van der Waals surface area contributed by atoms with Crippen LogP contribution in [0.2, 0.25) is 0 Å². The lowest BCUT2D eigenvalue weighted by atomic mass is 10.2. The molecule has 144 valence electrons. The maximum atomic E-state index is 11.5. The summed E-state index contributed by atoms with van der Waals surface area (Å²) in [7, 11) is 0. The average molecular weight is 399 g/mol. The van der Waals surface area contributed by atoms with Gasteiger partial charge in [0.05, 0.1) is 18.1 Å². The Labute approximate surface area is 163 Å². The molecule has 2 heterocycles. The van der Waals surface area contributed by atoms with Crippen LogP contribution in [0.3, 0.4) is 0 Å². The molecule has 26 heavy (non-hydrogen) atoms. The molecular weight excluding hydrogens is 372 g/mol. The van der Waals surface area contributed by atoms with Crippen molar-refractivity contribution in [1.29, 1.82) is 0 Å². The van der Waals surface area contributed by atoms with Crippen molar-refractivity contribution in [2.24, 2.45) is 5.92 Å². The van der Waals surface area contributed by atoms with Gasteiger partial charge in [-0.3, -0.25) is 4.79 Å². The highest BCUT2D eigenvalue weighted by atomic mass is 35.5. The fourth-order valence-electron chi connectivity index (χ4n) is 2.27. The zero-order valence-corrected chi connectivity index (χ0v) is 17.3. The highest BCUT2D eigenvalue weighted by Gasteiger charge is 2.14. The number of hydrogen-bond acceptors (Lipinski definition) is 6. The standard InChI is InChI=1S/C17H27ClN6OS/c1-11(2)9-20-15-13-10-21-24(8-7-19-14(25)5-6-18)16(13)23-17(22-15)26-12(3)4/h10-12H,5-9H2,1-4H3,(H,19,25)(H,20,22,23). The van der Waals surface area contributed by atoms with E-state index in [1.807, 2.05) is 4.68 Å². The predicted molar refractivity (Wildman–Crippen MR) is 108 cm³/mol. The number of anilines is 1. The summed E-state index contributed by atoms with van der Waals surface area (Å²) in [4.78, 5) is 20.9. The summed E-state index contributed by atoms with van der Waals surface area (Å²) in [6, 6.07) is 0. The van der Waals surface area contributed by atoms with Crippen molar-refractivity contribution in [1.82, 2.24) is 25.1 Å². The van der Waals surface area contributed by atoms with E-state index in [4.69, 9.17) is 11.6 Å². The first-order valence-corrected chi connectivity index (χ1v) is 10.3. The van der Waals surface area contributed by atoms with Gasteiger partial charge < -0.3 is 10.6 Å². The van der Waals surface area contributed by atoms with E-state index in [1.165, 1.54) is 0 Å². The molecule has 0 aliphatic heterocycles. The number of alkyl halides is 1. The minimum absolute atomic E-state index is 0.0542. The van der Waals surface area contributed by atoms with Gasteiger partial charge in [0.25, 0.3) is 0 Å². The minimum Gasteiger partial charge on any atom is -0.369 e. The number of aromatic nitrogens is 4. The van der Waals surface area contributed by atoms with Gasteiger partial charge in [-0.2, -0.15) is 5.10 Å². The van der Waals surface area contributed by atoms with Crippen LogP contribution in [-0.4, -0.2) is 49.9 Å². The van der Waals surface area contributed by atoms with Crippen LogP contribution in [0.1, 0.15) is 34.1 Å². The first-order valence-electron chi connectivity index (χ1n) is 8.87. The second kappa shape index (κ2) is 9.97. The summed E-state index contributed by atoms with van der Waals surface area (Å²) in [5, 5.41) is 12.7. The molecule has 0 fully saturated rings. The Hall–Kier alpha value is -1.54. The van der Waals surface area contributed by atoms with Gasteiger partial charge in [-0.05, 0) is 5.92 Å². The predicted octanol–water partition coefficient (Wildman–Crippen LogP) is 3.14. The summed E-state index contributed by atoms with van der Waals surface area (Å²) in [6.07, 6.45) is 2.10. The first-order chi connectivity index (χ1) is 12.4. The summed E-state index contributed by atoms with van der Waals surface area (Å²) in [5.41, 5.74) is 0.779. The fraction of sp³-hybridized carbons (Fsp3) is 0.647. The molecule has 0 bridgehead atoms. The van der Waals surface area contributed by atoms with Crippen molar-refractivity contribution in [3.8, 4) is 0 Å². The molecule has 7 nitrogen and oxygen atoms in total. The van der Waals surface area contributed by atoms with E-state index < -0.39 is 0 Å². The maximum absolute atomic E-state index is 11.5. The number of nitrogens with one attached hydrogen (secondary N) is 2. The van der Waals surface area contributed by atoms with Gasteiger partial charge in [-0.25, -0.2) is 14.6 Å². The molecule has 0 atom stereocenters. The van der Waals surface area contributed by atoms with Crippen LogP contribution in [0, 0.1) is 5.92 Å². The van der Waals surface area contributed by atoms with Crippen LogP contribution in [0.4, 0.5) is 5.82 Å². The van der Waals surface area contributed by atoms with Crippen LogP contribution in [0.5, 0.6) is 0 Å². The number of fused-ring (bicyclic) bond motifs is 1. The monoisotopic (exact) mass is 398 g/mol. The molecule has 0 saturated heterocycles. The number of amides is 1. The summed E-state index contributed by atoms with van der Waals surface area (Å²) in [5.74, 6) is 1.59. The van der Waals surface area contributed by atoms with E-state index in [-0.39, 0.29) is 5.91 Å². The first kappa shape index (κ1) is 20.8. The van der Waals surface area contributed by atoms with E-state index in [2.05, 4.69) is 53.4 Å². The molecule has 0 unspecified atom stereocenters. The van der Waals surface area contributed by atoms with Crippen LogP contribution < -0.4 is 10.6 Å². The van der Waals surface area contributed by atoms with Crippen molar-refractivity contribution in [2.45, 2.75) is 51.1 Å². The maximum Gasteiger partial charge on any atom is 0.221 e. The third kappa shape index (κ3) is 6.02. The van der Waals surface area contributed by atoms with Crippen LogP contribution in [-0.2, 0) is 11.3 Å². The van der Waals surface area contributed by atoms with Gasteiger partial charge in [0.15, 0.2) is 10.8 Å². The number of nitrogens with zero attached hydrogens (tertiary/aromatic N) is 4. The third-order valence-electron chi connectivity index (χ3n) is 3.46. The van der Waals surface area contributed by atoms with E-state index in [9.17, 15) is 4.79 Å². The number of carbonyl (C=O) groups is 1. The molecule has 1 amide bonds. The van der Waals surface area contributed by atoms with Gasteiger partial charge in [-0.1, -0.05) is 39.5 Å². The second-order valence-electron chi connectivity index (χ2n) is 6.69. The Bertz CT molecular complexity index is 733. The summed E-state index contributed by atoms with van der Waals surface area (Å²) in [6.45, 7) is 10.4. The van der Waals surface area contributed by atoms with Crippen LogP contribution in [0.25, 0.3) is 11.0 Å². The minimum atomic E-state index is -0.0542. The molecule has 0 saturated carbocycles. The van der Waals surface area contributed by atoms with Crippen molar-refractivity contribution in [2.75, 3.05) is 24.3 Å². The molecule has 0 aliphatic rings. The molecule has 0 aromatic carbocycles. The summed E-state index contributed by atoms with van der Waals surface area (Å²) >= 11 is 7.20. The average Bonchev–Trinajstić information content (AvgIpc) is 2.95. The zero-order chi connectivity index (χ0) is 19.1. The van der Waals surface area contributed by atoms with E-state index >= 15 is 0 Å². The highest BCUT2D eigenvalue weighted by molar-refractivity contribution is 7.99. The zero-order valence-electron chi connectivity index (χ0n) is 15.8. The Kier molecular flexibility index (Phi) is 7.96. The lowest BCUT2D eigenvalue weighted by Crippen LogP contribution is -2.27. The lowest BCUT2D eigenvalue weighted by molar-refractivity contribution is -0.120. The molecule has 2 aromatic rings. The Morgan fingerprint density at radius 1 is 1.31 bits per heavy atom. The third-order valence-corrected chi connectivity index (χ3v) is 4.52. The molecule has 0 radical (unpaired) electrons. The largest absolute Gasteiger partial charge is 0.369 e. The van der Waals surface area contributed by atoms with Crippen molar-refractivity contribution in [3.63, 3.8) is 0 Å². The number of halogens is 1. The topological polar surface area (TPSA) is 84.7 Å². The van der Waals surface area contributed by atoms with E-state index in [0.717, 1.165) is 28.6 Å². The molecule has 9 heteroatoms. The molecule has 0 aliphatic carbocycles. The fourth-order valence-corrected chi connectivity index (χ4v) is 3.15. The van der Waals surface area contributed by atoms with Crippen LogP contribution in [0.15, 0.2) is 11.4 Å². The van der Waals surface area contributed by atoms with E-state index in [0.29, 0.717) is 36.6 Å². The smallest absolute Gasteiger partial charge is 0.221 e. The normalized spacial score (nSPS) is 11.5. The Balaban J connectivity index is 2.22. The molecule has 0 spiro atoms. The number of thioether (sulfide) groups is 1. The number of carbonyl (C=O) groups excluding carboxylic acids is 1. The SMILES string of the molecule is CC(C)CNc1nc(SC(C)C)nc2c1cnn2CCNC(=O)CCCl. The molecular formula is C17H27ClN6OS. The molecule has 2 aromatic heterocycles. The van der Waals surface area contributed by atoms with Crippen molar-refractivity contribution >= 4 is 46.1 Å². The summed E-state index contributed by atoms with van der Waals surface area (Å²) < 4.78 is 1.81. The highest BCUT2D eigenvalue weighted by Crippen LogP contribution is 2.26. The number of rotatable bonds is 10. The second-order valence-corrected chi connectivity index (χ2v) is 8.61. The van der Waals surface area contributed by atoms with Gasteiger partial charge >= 0.3 is 0 Å². The van der Waals surface area contributed by atoms with Crippen molar-refractivity contribution in [3.05, 3.63) is 6.20 Å². The Morgan fingerprint density at radius 3 is 2.73 bits per heavy atom. The quantitative estimate of drug-likeness (QED) is 0.363. The van der Waals surface area contributed by atoms with Crippen molar-refractivity contribution < 1.29 is 4.79 Å². The van der Waals surface area contributed by atoms with Gasteiger partial charge in [0.2, 0.25) is 5.91 Å². The van der Waals surface area contributed by atoms with Crippen LogP contribution >= 0.6 is 23.4 Å².